The summed E-state index contributed by atoms with van der Waals surface area (Å²) in [7, 11) is 0. The molecule has 0 amide bonds. The molecule has 1 aliphatic carbocycles. The molecule has 0 saturated heterocycles. The number of alkyl halides is 3. The number of unbranched alkanes of at least 4 members (excludes halogenated alkanes) is 2. The molecule has 1 aliphatic rings. The number of ether oxygens (including phenoxy) is 1. The summed E-state index contributed by atoms with van der Waals surface area (Å²) in [5, 5.41) is 1.17. The third-order valence-electron chi connectivity index (χ3n) is 6.98. The van der Waals surface area contributed by atoms with E-state index in [1.54, 1.807) is 18.2 Å². The van der Waals surface area contributed by atoms with Crippen LogP contribution in [0.4, 0.5) is 22.0 Å². The van der Waals surface area contributed by atoms with Gasteiger partial charge in [0.05, 0.1) is 0 Å². The molecule has 0 heterocycles. The minimum atomic E-state index is -5.00. The van der Waals surface area contributed by atoms with E-state index in [0.29, 0.717) is 11.3 Å². The second-order valence-electron chi connectivity index (χ2n) is 9.31. The Morgan fingerprint density at radius 1 is 0.882 bits per heavy atom. The maximum atomic E-state index is 15.3. The Labute approximate surface area is 196 Å². The lowest BCUT2D eigenvalue weighted by molar-refractivity contribution is -0.275. The average Bonchev–Trinajstić information content (AvgIpc) is 2.80. The standard InChI is InChI=1S/C28H29F5O/c1-2-3-4-5-18-6-8-19(9-7-18)20-10-13-23-21(16-20)11-14-24(27(23)30)22-12-15-26(25(29)17-22)34-28(31,32)33/h10-19H,2-9H2,1H3. The molecule has 0 bridgehead atoms. The van der Waals surface area contributed by atoms with Crippen molar-refractivity contribution in [3.05, 3.63) is 65.7 Å². The molecule has 0 aromatic heterocycles. The van der Waals surface area contributed by atoms with E-state index < -0.39 is 23.7 Å². The van der Waals surface area contributed by atoms with Crippen molar-refractivity contribution in [3.63, 3.8) is 0 Å². The molecule has 3 aromatic rings. The van der Waals surface area contributed by atoms with Gasteiger partial charge in [0.1, 0.15) is 5.82 Å². The monoisotopic (exact) mass is 476 g/mol. The fourth-order valence-corrected chi connectivity index (χ4v) is 5.13. The largest absolute Gasteiger partial charge is 0.573 e. The third kappa shape index (κ3) is 5.70. The predicted octanol–water partition coefficient (Wildman–Crippen LogP) is 9.54. The van der Waals surface area contributed by atoms with Crippen molar-refractivity contribution in [3.8, 4) is 16.9 Å². The number of hydrogen-bond acceptors (Lipinski definition) is 1. The molecule has 1 nitrogen and oxygen atoms in total. The van der Waals surface area contributed by atoms with Crippen LogP contribution < -0.4 is 4.74 Å². The third-order valence-corrected chi connectivity index (χ3v) is 6.98. The molecule has 0 N–H and O–H groups in total. The van der Waals surface area contributed by atoms with Gasteiger partial charge in [0.2, 0.25) is 0 Å². The topological polar surface area (TPSA) is 9.23 Å². The van der Waals surface area contributed by atoms with Crippen molar-refractivity contribution < 1.29 is 26.7 Å². The van der Waals surface area contributed by atoms with E-state index in [2.05, 4.69) is 11.7 Å². The molecule has 4 rings (SSSR count). The van der Waals surface area contributed by atoms with Crippen LogP contribution >= 0.6 is 0 Å². The highest BCUT2D eigenvalue weighted by Crippen LogP contribution is 2.39. The van der Waals surface area contributed by atoms with Crippen LogP contribution in [-0.4, -0.2) is 6.36 Å². The highest BCUT2D eigenvalue weighted by molar-refractivity contribution is 5.89. The van der Waals surface area contributed by atoms with E-state index in [1.165, 1.54) is 50.2 Å². The number of halogens is 5. The molecule has 0 atom stereocenters. The summed E-state index contributed by atoms with van der Waals surface area (Å²) >= 11 is 0. The van der Waals surface area contributed by atoms with Crippen molar-refractivity contribution in [2.24, 2.45) is 5.92 Å². The fourth-order valence-electron chi connectivity index (χ4n) is 5.13. The Morgan fingerprint density at radius 3 is 2.32 bits per heavy atom. The summed E-state index contributed by atoms with van der Waals surface area (Å²) in [6.07, 6.45) is 4.94. The van der Waals surface area contributed by atoms with Crippen LogP contribution in [0.2, 0.25) is 0 Å². The molecule has 0 unspecified atom stereocenters. The van der Waals surface area contributed by atoms with Gasteiger partial charge in [-0.2, -0.15) is 0 Å². The average molecular weight is 477 g/mol. The van der Waals surface area contributed by atoms with Gasteiger partial charge in [-0.1, -0.05) is 69.0 Å². The van der Waals surface area contributed by atoms with Gasteiger partial charge in [-0.25, -0.2) is 8.78 Å². The normalized spacial score (nSPS) is 18.9. The van der Waals surface area contributed by atoms with Gasteiger partial charge >= 0.3 is 6.36 Å². The van der Waals surface area contributed by atoms with Crippen LogP contribution in [0.15, 0.2) is 48.5 Å². The van der Waals surface area contributed by atoms with Crippen molar-refractivity contribution in [1.29, 1.82) is 0 Å². The first-order chi connectivity index (χ1) is 16.2. The number of fused-ring (bicyclic) bond motifs is 1. The molecule has 34 heavy (non-hydrogen) atoms. The number of hydrogen-bond donors (Lipinski definition) is 0. The second kappa shape index (κ2) is 10.3. The van der Waals surface area contributed by atoms with Crippen LogP contribution in [0.25, 0.3) is 21.9 Å². The Kier molecular flexibility index (Phi) is 7.44. The Hall–Kier alpha value is -2.63. The molecule has 0 aliphatic heterocycles. The summed E-state index contributed by atoms with van der Waals surface area (Å²) in [4.78, 5) is 0. The Morgan fingerprint density at radius 2 is 1.65 bits per heavy atom. The molecular formula is C28H29F5O. The number of rotatable bonds is 7. The van der Waals surface area contributed by atoms with E-state index in [0.717, 1.165) is 36.3 Å². The number of benzene rings is 3. The Bertz CT molecular complexity index is 1130. The predicted molar refractivity (Wildman–Crippen MR) is 125 cm³/mol. The maximum absolute atomic E-state index is 15.3. The smallest absolute Gasteiger partial charge is 0.403 e. The quantitative estimate of drug-likeness (QED) is 0.244. The lowest BCUT2D eigenvalue weighted by Crippen LogP contribution is -2.17. The zero-order valence-corrected chi connectivity index (χ0v) is 19.2. The van der Waals surface area contributed by atoms with E-state index in [4.69, 9.17) is 0 Å². The first-order valence-electron chi connectivity index (χ1n) is 12.0. The van der Waals surface area contributed by atoms with Gasteiger partial charge in [0.25, 0.3) is 0 Å². The molecule has 3 aromatic carbocycles. The van der Waals surface area contributed by atoms with Crippen LogP contribution in [-0.2, 0) is 0 Å². The summed E-state index contributed by atoms with van der Waals surface area (Å²) in [6.45, 7) is 2.23. The minimum Gasteiger partial charge on any atom is -0.403 e. The van der Waals surface area contributed by atoms with Gasteiger partial charge in [-0.3, -0.25) is 0 Å². The van der Waals surface area contributed by atoms with Crippen LogP contribution in [0.5, 0.6) is 5.75 Å². The summed E-state index contributed by atoms with van der Waals surface area (Å²) < 4.78 is 70.2. The van der Waals surface area contributed by atoms with Gasteiger partial charge in [-0.05, 0) is 66.2 Å². The van der Waals surface area contributed by atoms with Crippen molar-refractivity contribution in [1.82, 2.24) is 0 Å². The first kappa shape index (κ1) is 24.5. The minimum absolute atomic E-state index is 0.130. The van der Waals surface area contributed by atoms with Crippen LogP contribution in [0.3, 0.4) is 0 Å². The van der Waals surface area contributed by atoms with Gasteiger partial charge in [0.15, 0.2) is 11.6 Å². The van der Waals surface area contributed by atoms with Gasteiger partial charge < -0.3 is 4.74 Å². The molecule has 1 saturated carbocycles. The molecule has 0 spiro atoms. The van der Waals surface area contributed by atoms with Crippen molar-refractivity contribution >= 4 is 10.8 Å². The summed E-state index contributed by atoms with van der Waals surface area (Å²) in [5.74, 6) is -1.37. The van der Waals surface area contributed by atoms with Gasteiger partial charge in [0, 0.05) is 10.9 Å². The SMILES string of the molecule is CCCCCC1CCC(c2ccc3c(F)c(-c4ccc(OC(F)(F)F)c(F)c4)ccc3c2)CC1. The van der Waals surface area contributed by atoms with Gasteiger partial charge in [-0.15, -0.1) is 13.2 Å². The van der Waals surface area contributed by atoms with E-state index in [9.17, 15) is 17.6 Å². The molecule has 6 heteroatoms. The second-order valence-corrected chi connectivity index (χ2v) is 9.31. The molecule has 1 fully saturated rings. The first-order valence-corrected chi connectivity index (χ1v) is 12.0. The van der Waals surface area contributed by atoms with E-state index in [1.807, 2.05) is 12.1 Å². The lowest BCUT2D eigenvalue weighted by Gasteiger charge is -2.29. The van der Waals surface area contributed by atoms with Crippen LogP contribution in [0, 0.1) is 17.6 Å². The summed E-state index contributed by atoms with van der Waals surface area (Å²) in [5.41, 5.74) is 1.49. The molecule has 182 valence electrons. The molecule has 0 radical (unpaired) electrons. The fraction of sp³-hybridized carbons (Fsp3) is 0.429. The lowest BCUT2D eigenvalue weighted by atomic mass is 9.76. The highest BCUT2D eigenvalue weighted by atomic mass is 19.4. The highest BCUT2D eigenvalue weighted by Gasteiger charge is 2.32. The van der Waals surface area contributed by atoms with Crippen LogP contribution in [0.1, 0.15) is 69.8 Å². The zero-order valence-electron chi connectivity index (χ0n) is 19.2. The van der Waals surface area contributed by atoms with E-state index in [-0.39, 0.29) is 11.1 Å². The zero-order chi connectivity index (χ0) is 24.3. The maximum Gasteiger partial charge on any atom is 0.573 e. The Balaban J connectivity index is 1.51. The van der Waals surface area contributed by atoms with Crippen molar-refractivity contribution in [2.75, 3.05) is 0 Å². The molecular weight excluding hydrogens is 447 g/mol. The van der Waals surface area contributed by atoms with E-state index >= 15 is 4.39 Å². The van der Waals surface area contributed by atoms with Crippen molar-refractivity contribution in [2.45, 2.75) is 70.6 Å². The summed E-state index contributed by atoms with van der Waals surface area (Å²) in [6, 6.07) is 12.0.